The van der Waals surface area contributed by atoms with Gasteiger partial charge in [-0.1, -0.05) is 0 Å². The number of ether oxygens (including phenoxy) is 2. The summed E-state index contributed by atoms with van der Waals surface area (Å²) in [6, 6.07) is 7.34. The molecule has 0 saturated carbocycles. The van der Waals surface area contributed by atoms with E-state index in [-0.39, 0.29) is 29.9 Å². The highest BCUT2D eigenvalue weighted by atomic mass is 127. The van der Waals surface area contributed by atoms with E-state index in [1.807, 2.05) is 31.2 Å². The summed E-state index contributed by atoms with van der Waals surface area (Å²) in [5.41, 5.74) is 0. The molecule has 6 nitrogen and oxygen atoms in total. The van der Waals surface area contributed by atoms with Crippen molar-refractivity contribution in [3.8, 4) is 11.5 Å². The van der Waals surface area contributed by atoms with Gasteiger partial charge >= 0.3 is 6.18 Å². The van der Waals surface area contributed by atoms with Crippen molar-refractivity contribution in [1.29, 1.82) is 0 Å². The zero-order chi connectivity index (χ0) is 20.4. The molecule has 166 valence electrons. The SMILES string of the molecule is CCNC(=NCC1CCN(CC(F)(F)F)C1)NCCOc1ccc(OC)cc1.I. The molecule has 0 aliphatic carbocycles. The van der Waals surface area contributed by atoms with Gasteiger partial charge in [0.05, 0.1) is 20.2 Å². The van der Waals surface area contributed by atoms with Gasteiger partial charge in [-0.25, -0.2) is 0 Å². The first-order valence-electron chi connectivity index (χ1n) is 9.47. The van der Waals surface area contributed by atoms with Crippen LogP contribution in [0.2, 0.25) is 0 Å². The number of methoxy groups -OCH3 is 1. The van der Waals surface area contributed by atoms with Crippen molar-refractivity contribution in [3.05, 3.63) is 24.3 Å². The Hall–Kier alpha value is -1.43. The third-order valence-electron chi connectivity index (χ3n) is 4.35. The van der Waals surface area contributed by atoms with Gasteiger partial charge in [-0.3, -0.25) is 9.89 Å². The topological polar surface area (TPSA) is 58.1 Å². The second-order valence-corrected chi connectivity index (χ2v) is 6.68. The first-order chi connectivity index (χ1) is 13.4. The van der Waals surface area contributed by atoms with Gasteiger partial charge in [-0.2, -0.15) is 13.2 Å². The van der Waals surface area contributed by atoms with Crippen molar-refractivity contribution in [2.45, 2.75) is 19.5 Å². The Balaban J connectivity index is 0.00000420. The number of likely N-dealkylation sites (tertiary alicyclic amines) is 1. The van der Waals surface area contributed by atoms with Gasteiger partial charge in [-0.15, -0.1) is 24.0 Å². The van der Waals surface area contributed by atoms with Crippen molar-refractivity contribution in [1.82, 2.24) is 15.5 Å². The summed E-state index contributed by atoms with van der Waals surface area (Å²) in [5.74, 6) is 2.32. The summed E-state index contributed by atoms with van der Waals surface area (Å²) in [6.07, 6.45) is -3.40. The highest BCUT2D eigenvalue weighted by Gasteiger charge is 2.34. The molecular formula is C19H30F3IN4O2. The molecule has 0 spiro atoms. The summed E-state index contributed by atoms with van der Waals surface area (Å²) < 4.78 is 48.2. The van der Waals surface area contributed by atoms with Crippen molar-refractivity contribution < 1.29 is 22.6 Å². The fourth-order valence-electron chi connectivity index (χ4n) is 3.03. The van der Waals surface area contributed by atoms with E-state index in [4.69, 9.17) is 9.47 Å². The molecule has 1 aliphatic rings. The molecule has 1 fully saturated rings. The largest absolute Gasteiger partial charge is 0.497 e. The molecule has 29 heavy (non-hydrogen) atoms. The van der Waals surface area contributed by atoms with Crippen LogP contribution in [0.15, 0.2) is 29.3 Å². The molecule has 0 aromatic heterocycles. The molecule has 0 radical (unpaired) electrons. The third kappa shape index (κ3) is 10.2. The number of halogens is 4. The molecule has 1 aliphatic heterocycles. The normalized spacial score (nSPS) is 17.6. The number of nitrogens with zero attached hydrogens (tertiary/aromatic N) is 2. The van der Waals surface area contributed by atoms with Crippen LogP contribution in [0.5, 0.6) is 11.5 Å². The predicted molar refractivity (Wildman–Crippen MR) is 118 cm³/mol. The lowest BCUT2D eigenvalue weighted by molar-refractivity contribution is -0.143. The summed E-state index contributed by atoms with van der Waals surface area (Å²) >= 11 is 0. The lowest BCUT2D eigenvalue weighted by Gasteiger charge is -2.17. The fraction of sp³-hybridized carbons (Fsp3) is 0.632. The maximum atomic E-state index is 12.5. The quantitative estimate of drug-likeness (QED) is 0.223. The van der Waals surface area contributed by atoms with Crippen LogP contribution in [-0.2, 0) is 0 Å². The molecule has 0 amide bonds. The van der Waals surface area contributed by atoms with Gasteiger partial charge in [0.15, 0.2) is 5.96 Å². The molecule has 1 saturated heterocycles. The van der Waals surface area contributed by atoms with Crippen LogP contribution in [-0.4, -0.2) is 70.0 Å². The van der Waals surface area contributed by atoms with Crippen LogP contribution in [0, 0.1) is 5.92 Å². The lowest BCUT2D eigenvalue weighted by Crippen LogP contribution is -2.39. The van der Waals surface area contributed by atoms with E-state index in [1.54, 1.807) is 7.11 Å². The van der Waals surface area contributed by atoms with E-state index in [2.05, 4.69) is 15.6 Å². The maximum absolute atomic E-state index is 12.5. The molecule has 1 atom stereocenters. The number of nitrogens with one attached hydrogen (secondary N) is 2. The minimum atomic E-state index is -4.14. The van der Waals surface area contributed by atoms with Crippen LogP contribution >= 0.6 is 24.0 Å². The van der Waals surface area contributed by atoms with Gasteiger partial charge in [0.1, 0.15) is 18.1 Å². The monoisotopic (exact) mass is 530 g/mol. The van der Waals surface area contributed by atoms with Gasteiger partial charge < -0.3 is 20.1 Å². The number of benzene rings is 1. The summed E-state index contributed by atoms with van der Waals surface area (Å²) in [7, 11) is 1.61. The number of alkyl halides is 3. The van der Waals surface area contributed by atoms with Crippen LogP contribution in [0.4, 0.5) is 13.2 Å². The number of hydrogen-bond donors (Lipinski definition) is 2. The Bertz CT molecular complexity index is 614. The van der Waals surface area contributed by atoms with Crippen LogP contribution < -0.4 is 20.1 Å². The molecule has 0 bridgehead atoms. The molecule has 10 heteroatoms. The van der Waals surface area contributed by atoms with Crippen LogP contribution in [0.1, 0.15) is 13.3 Å². The fourth-order valence-corrected chi connectivity index (χ4v) is 3.03. The molecule has 1 heterocycles. The first kappa shape index (κ1) is 25.6. The zero-order valence-electron chi connectivity index (χ0n) is 16.8. The summed E-state index contributed by atoms with van der Waals surface area (Å²) in [4.78, 5) is 5.96. The molecule has 2 N–H and O–H groups in total. The van der Waals surface area contributed by atoms with Gasteiger partial charge in [0.25, 0.3) is 0 Å². The second-order valence-electron chi connectivity index (χ2n) is 6.68. The average Bonchev–Trinajstić information content (AvgIpc) is 3.09. The maximum Gasteiger partial charge on any atom is 0.401 e. The molecular weight excluding hydrogens is 500 g/mol. The zero-order valence-corrected chi connectivity index (χ0v) is 19.1. The van der Waals surface area contributed by atoms with Crippen LogP contribution in [0.3, 0.4) is 0 Å². The predicted octanol–water partition coefficient (Wildman–Crippen LogP) is 3.13. The minimum Gasteiger partial charge on any atom is -0.497 e. The Labute approximate surface area is 187 Å². The number of hydrogen-bond acceptors (Lipinski definition) is 4. The van der Waals surface area contributed by atoms with E-state index in [0.29, 0.717) is 45.3 Å². The van der Waals surface area contributed by atoms with Gasteiger partial charge in [0, 0.05) is 19.6 Å². The van der Waals surface area contributed by atoms with E-state index >= 15 is 0 Å². The minimum absolute atomic E-state index is 0. The molecule has 1 aromatic rings. The van der Waals surface area contributed by atoms with E-state index < -0.39 is 12.7 Å². The van der Waals surface area contributed by atoms with Crippen molar-refractivity contribution in [2.24, 2.45) is 10.9 Å². The number of guanidine groups is 1. The van der Waals surface area contributed by atoms with Crippen molar-refractivity contribution >= 4 is 29.9 Å². The van der Waals surface area contributed by atoms with Gasteiger partial charge in [0.2, 0.25) is 0 Å². The van der Waals surface area contributed by atoms with E-state index in [0.717, 1.165) is 17.9 Å². The molecule has 1 unspecified atom stereocenters. The van der Waals surface area contributed by atoms with Gasteiger partial charge in [-0.05, 0) is 50.1 Å². The van der Waals surface area contributed by atoms with E-state index in [9.17, 15) is 13.2 Å². The van der Waals surface area contributed by atoms with E-state index in [1.165, 1.54) is 4.90 Å². The third-order valence-corrected chi connectivity index (χ3v) is 4.35. The first-order valence-corrected chi connectivity index (χ1v) is 9.47. The molecule has 1 aromatic carbocycles. The Morgan fingerprint density at radius 3 is 2.52 bits per heavy atom. The number of rotatable bonds is 9. The summed E-state index contributed by atoms with van der Waals surface area (Å²) in [5, 5.41) is 6.33. The number of aliphatic imine (C=N–C) groups is 1. The van der Waals surface area contributed by atoms with Crippen LogP contribution in [0.25, 0.3) is 0 Å². The Kier molecular flexibility index (Phi) is 11.5. The second kappa shape index (κ2) is 13.0. The Morgan fingerprint density at radius 1 is 1.21 bits per heavy atom. The summed E-state index contributed by atoms with van der Waals surface area (Å²) in [6.45, 7) is 4.25. The van der Waals surface area contributed by atoms with Crippen molar-refractivity contribution in [3.63, 3.8) is 0 Å². The highest BCUT2D eigenvalue weighted by molar-refractivity contribution is 14.0. The Morgan fingerprint density at radius 2 is 1.90 bits per heavy atom. The van der Waals surface area contributed by atoms with Crippen molar-refractivity contribution in [2.75, 3.05) is 53.0 Å². The average molecular weight is 530 g/mol. The lowest BCUT2D eigenvalue weighted by atomic mass is 10.1. The smallest absolute Gasteiger partial charge is 0.401 e. The standard InChI is InChI=1S/C19H29F3N4O2.HI/c1-3-23-18(24-9-11-28-17-6-4-16(27-2)5-7-17)25-12-15-8-10-26(13-15)14-19(20,21)22;/h4-7,15H,3,8-14H2,1-2H3,(H2,23,24,25);1H. The molecule has 2 rings (SSSR count). The highest BCUT2D eigenvalue weighted by Crippen LogP contribution is 2.22.